The molecule has 0 saturated heterocycles. The largest absolute Gasteiger partial charge is 0.234 e. The predicted octanol–water partition coefficient (Wildman–Crippen LogP) is 3.23. The van der Waals surface area contributed by atoms with Crippen LogP contribution in [0.1, 0.15) is 11.1 Å². The van der Waals surface area contributed by atoms with E-state index < -0.39 is 0 Å². The average Bonchev–Trinajstić information content (AvgIpc) is 2.53. The number of nitrogens with zero attached hydrogens (tertiary/aromatic N) is 1. The molecule has 0 fully saturated rings. The van der Waals surface area contributed by atoms with E-state index in [-0.39, 0.29) is 0 Å². The van der Waals surface area contributed by atoms with Crippen LogP contribution in [0, 0.1) is 20.0 Å². The molecule has 0 unspecified atom stereocenters. The maximum Gasteiger partial charge on any atom is 0.124 e. The van der Waals surface area contributed by atoms with Crippen LogP contribution in [-0.4, -0.2) is 4.98 Å². The smallest absolute Gasteiger partial charge is 0.124 e. The van der Waals surface area contributed by atoms with Crippen molar-refractivity contribution in [2.75, 3.05) is 0 Å². The number of rotatable bonds is 1. The first kappa shape index (κ1) is 8.45. The molecule has 0 aliphatic heterocycles. The third-order valence-electron chi connectivity index (χ3n) is 1.86. The van der Waals surface area contributed by atoms with Crippen molar-refractivity contribution in [2.45, 2.75) is 13.8 Å². The van der Waals surface area contributed by atoms with Gasteiger partial charge in [0.15, 0.2) is 0 Å². The molecule has 2 aromatic rings. The van der Waals surface area contributed by atoms with Gasteiger partial charge in [-0.3, -0.25) is 0 Å². The van der Waals surface area contributed by atoms with E-state index in [4.69, 9.17) is 0 Å². The fraction of sp³-hybridized carbons (Fsp3) is 0.182. The molecule has 1 nitrogen and oxygen atoms in total. The minimum Gasteiger partial charge on any atom is -0.234 e. The average molecular weight is 188 g/mol. The fourth-order valence-corrected chi connectivity index (χ4v) is 2.00. The molecule has 0 bridgehead atoms. The maximum atomic E-state index is 4.16. The van der Waals surface area contributed by atoms with Crippen LogP contribution in [-0.2, 0) is 0 Å². The van der Waals surface area contributed by atoms with Gasteiger partial charge in [-0.05, 0) is 26.0 Å². The van der Waals surface area contributed by atoms with Gasteiger partial charge in [-0.1, -0.05) is 17.2 Å². The molecular weight excluding hydrogens is 178 g/mol. The molecule has 2 heteroatoms. The Morgan fingerprint density at radius 1 is 1.15 bits per heavy atom. The molecule has 1 heterocycles. The molecule has 13 heavy (non-hydrogen) atoms. The van der Waals surface area contributed by atoms with Gasteiger partial charge in [-0.2, -0.15) is 0 Å². The summed E-state index contributed by atoms with van der Waals surface area (Å²) >= 11 is 1.63. The number of hydrogen-bond acceptors (Lipinski definition) is 2. The first-order chi connectivity index (χ1) is 6.25. The molecular formula is C11H10NS. The quantitative estimate of drug-likeness (QED) is 0.669. The van der Waals surface area contributed by atoms with Gasteiger partial charge in [0.05, 0.1) is 0 Å². The van der Waals surface area contributed by atoms with Crippen LogP contribution in [0.4, 0.5) is 0 Å². The van der Waals surface area contributed by atoms with Gasteiger partial charge in [0.1, 0.15) is 11.2 Å². The second-order valence-corrected chi connectivity index (χ2v) is 4.02. The molecule has 0 N–H and O–H groups in total. The highest BCUT2D eigenvalue weighted by Gasteiger charge is 2.01. The Morgan fingerprint density at radius 2 is 1.85 bits per heavy atom. The first-order valence-electron chi connectivity index (χ1n) is 4.16. The molecule has 0 saturated carbocycles. The van der Waals surface area contributed by atoms with Crippen molar-refractivity contribution in [2.24, 2.45) is 0 Å². The summed E-state index contributed by atoms with van der Waals surface area (Å²) in [7, 11) is 0. The third kappa shape index (κ3) is 1.78. The molecule has 0 amide bonds. The molecule has 0 spiro atoms. The van der Waals surface area contributed by atoms with Crippen molar-refractivity contribution in [1.29, 1.82) is 0 Å². The summed E-state index contributed by atoms with van der Waals surface area (Å²) < 4.78 is 0. The van der Waals surface area contributed by atoms with Crippen LogP contribution in [0.25, 0.3) is 10.6 Å². The van der Waals surface area contributed by atoms with Crippen molar-refractivity contribution >= 4 is 11.3 Å². The molecule has 1 radical (unpaired) electrons. The van der Waals surface area contributed by atoms with Crippen LogP contribution in [0.3, 0.4) is 0 Å². The Morgan fingerprint density at radius 3 is 2.38 bits per heavy atom. The highest BCUT2D eigenvalue weighted by molar-refractivity contribution is 7.13. The van der Waals surface area contributed by atoms with Crippen LogP contribution >= 0.6 is 11.3 Å². The lowest BCUT2D eigenvalue weighted by atomic mass is 10.1. The Balaban J connectivity index is 2.53. The summed E-state index contributed by atoms with van der Waals surface area (Å²) in [5.41, 5.74) is 3.76. The number of benzene rings is 1. The van der Waals surface area contributed by atoms with Gasteiger partial charge in [0.2, 0.25) is 0 Å². The number of aryl methyl sites for hydroxylation is 2. The molecule has 0 aliphatic rings. The zero-order valence-corrected chi connectivity index (χ0v) is 8.48. The zero-order chi connectivity index (χ0) is 9.26. The van der Waals surface area contributed by atoms with Crippen molar-refractivity contribution < 1.29 is 0 Å². The lowest BCUT2D eigenvalue weighted by Gasteiger charge is -2.00. The fourth-order valence-electron chi connectivity index (χ4n) is 1.42. The second-order valence-electron chi connectivity index (χ2n) is 3.16. The van der Waals surface area contributed by atoms with Gasteiger partial charge in [-0.25, -0.2) is 4.98 Å². The Bertz CT molecular complexity index is 384. The van der Waals surface area contributed by atoms with Crippen LogP contribution in [0.2, 0.25) is 0 Å². The number of hydrogen-bond donors (Lipinski definition) is 0. The molecule has 2 rings (SSSR count). The van der Waals surface area contributed by atoms with Gasteiger partial charge < -0.3 is 0 Å². The van der Waals surface area contributed by atoms with Gasteiger partial charge >= 0.3 is 0 Å². The Labute approximate surface area is 82.1 Å². The minimum atomic E-state index is 1.05. The molecule has 1 aromatic heterocycles. The van der Waals surface area contributed by atoms with Crippen molar-refractivity contribution in [1.82, 2.24) is 4.98 Å². The highest BCUT2D eigenvalue weighted by atomic mass is 32.1. The number of thiazole rings is 1. The summed E-state index contributed by atoms with van der Waals surface area (Å²) in [6, 6.07) is 6.47. The summed E-state index contributed by atoms with van der Waals surface area (Å²) in [4.78, 5) is 4.16. The number of aromatic nitrogens is 1. The summed E-state index contributed by atoms with van der Waals surface area (Å²) in [6.45, 7) is 4.21. The van der Waals surface area contributed by atoms with Crippen molar-refractivity contribution in [3.05, 3.63) is 40.9 Å². The third-order valence-corrected chi connectivity index (χ3v) is 2.63. The molecule has 65 valence electrons. The van der Waals surface area contributed by atoms with E-state index in [1.54, 1.807) is 11.3 Å². The monoisotopic (exact) mass is 188 g/mol. The topological polar surface area (TPSA) is 12.9 Å². The summed E-state index contributed by atoms with van der Waals surface area (Å²) in [5.74, 6) is 0. The van der Waals surface area contributed by atoms with E-state index in [0.29, 0.717) is 0 Å². The van der Waals surface area contributed by atoms with Gasteiger partial charge in [0.25, 0.3) is 0 Å². The summed E-state index contributed by atoms with van der Waals surface area (Å²) in [5, 5.41) is 2.93. The second kappa shape index (κ2) is 3.30. The van der Waals surface area contributed by atoms with Gasteiger partial charge in [-0.15, -0.1) is 11.3 Å². The van der Waals surface area contributed by atoms with E-state index in [1.807, 2.05) is 5.38 Å². The zero-order valence-electron chi connectivity index (χ0n) is 7.66. The molecule has 1 aromatic carbocycles. The lowest BCUT2D eigenvalue weighted by molar-refractivity contribution is 1.35. The van der Waals surface area contributed by atoms with Crippen LogP contribution in [0.15, 0.2) is 23.6 Å². The minimum absolute atomic E-state index is 1.05. The standard InChI is InChI=1S/C11H10NS/c1-8-5-9(2)7-10(6-8)11-12-3-4-13-11/h4-7H,1-2H3. The van der Waals surface area contributed by atoms with Crippen molar-refractivity contribution in [3.63, 3.8) is 0 Å². The maximum absolute atomic E-state index is 4.16. The first-order valence-corrected chi connectivity index (χ1v) is 5.04. The van der Waals surface area contributed by atoms with E-state index in [2.05, 4.69) is 43.2 Å². The summed E-state index contributed by atoms with van der Waals surface area (Å²) in [6.07, 6.45) is 2.84. The van der Waals surface area contributed by atoms with E-state index >= 15 is 0 Å². The van der Waals surface area contributed by atoms with Crippen LogP contribution < -0.4 is 0 Å². The van der Waals surface area contributed by atoms with E-state index in [0.717, 1.165) is 5.01 Å². The molecule has 0 atom stereocenters. The highest BCUT2D eigenvalue weighted by Crippen LogP contribution is 2.23. The van der Waals surface area contributed by atoms with E-state index in [9.17, 15) is 0 Å². The SMILES string of the molecule is Cc1cc(C)cc(-c2n[c]cs2)c1. The Kier molecular flexibility index (Phi) is 2.15. The lowest BCUT2D eigenvalue weighted by Crippen LogP contribution is -1.81. The Hall–Kier alpha value is -1.15. The van der Waals surface area contributed by atoms with E-state index in [1.165, 1.54) is 16.7 Å². The normalized spacial score (nSPS) is 10.3. The van der Waals surface area contributed by atoms with Crippen molar-refractivity contribution in [3.8, 4) is 10.6 Å². The molecule has 0 aliphatic carbocycles. The van der Waals surface area contributed by atoms with Crippen LogP contribution in [0.5, 0.6) is 0 Å². The van der Waals surface area contributed by atoms with Gasteiger partial charge in [0, 0.05) is 10.9 Å². The predicted molar refractivity (Wildman–Crippen MR) is 55.9 cm³/mol.